The Labute approximate surface area is 185 Å². The third-order valence-corrected chi connectivity index (χ3v) is 6.33. The first-order chi connectivity index (χ1) is 15.2. The maximum absolute atomic E-state index is 12.2. The second-order valence-electron chi connectivity index (χ2n) is 8.67. The third kappa shape index (κ3) is 5.22. The van der Waals surface area contributed by atoms with Crippen LogP contribution in [0.3, 0.4) is 0 Å². The van der Waals surface area contributed by atoms with Crippen LogP contribution in [0.2, 0.25) is 0 Å². The van der Waals surface area contributed by atoms with Crippen molar-refractivity contribution in [2.75, 3.05) is 37.2 Å². The lowest BCUT2D eigenvalue weighted by molar-refractivity contribution is -0.113. The van der Waals surface area contributed by atoms with Crippen LogP contribution in [0.15, 0.2) is 24.3 Å². The number of unbranched alkanes of at least 4 members (excludes halogenated alkanes) is 1. The van der Waals surface area contributed by atoms with Crippen LogP contribution in [0.4, 0.5) is 11.8 Å². The molecule has 1 aromatic carbocycles. The van der Waals surface area contributed by atoms with Crippen LogP contribution in [0.5, 0.6) is 0 Å². The lowest BCUT2D eigenvalue weighted by Crippen LogP contribution is -2.37. The summed E-state index contributed by atoms with van der Waals surface area (Å²) in [6, 6.07) is 8.48. The first-order valence-electron chi connectivity index (χ1n) is 11.6. The molecule has 7 heteroatoms. The molecule has 1 aromatic heterocycles. The van der Waals surface area contributed by atoms with E-state index in [0.29, 0.717) is 5.82 Å². The molecular weight excluding hydrogens is 388 g/mol. The van der Waals surface area contributed by atoms with E-state index in [9.17, 15) is 4.79 Å². The van der Waals surface area contributed by atoms with Gasteiger partial charge < -0.3 is 15.8 Å². The highest BCUT2D eigenvalue weighted by molar-refractivity contribution is 5.68. The second kappa shape index (κ2) is 10.2. The number of hydrogen-bond acceptors (Lipinski definition) is 7. The van der Waals surface area contributed by atoms with Gasteiger partial charge in [-0.1, -0.05) is 37.6 Å². The summed E-state index contributed by atoms with van der Waals surface area (Å²) in [5.74, 6) is 0.975. The van der Waals surface area contributed by atoms with Gasteiger partial charge >= 0.3 is 0 Å². The number of likely N-dealkylation sites (tertiary alicyclic amines) is 1. The van der Waals surface area contributed by atoms with Gasteiger partial charge in [-0.15, -0.1) is 0 Å². The third-order valence-electron chi connectivity index (χ3n) is 6.33. The summed E-state index contributed by atoms with van der Waals surface area (Å²) in [7, 11) is 0. The van der Waals surface area contributed by atoms with Crippen molar-refractivity contribution in [1.29, 1.82) is 0 Å². The van der Waals surface area contributed by atoms with Crippen LogP contribution in [-0.2, 0) is 24.3 Å². The van der Waals surface area contributed by atoms with E-state index in [2.05, 4.69) is 56.3 Å². The molecule has 2 aliphatic heterocycles. The van der Waals surface area contributed by atoms with Gasteiger partial charge in [-0.25, -0.2) is 4.98 Å². The van der Waals surface area contributed by atoms with Gasteiger partial charge in [-0.05, 0) is 43.5 Å². The van der Waals surface area contributed by atoms with Crippen molar-refractivity contribution in [2.45, 2.75) is 58.2 Å². The zero-order valence-electron chi connectivity index (χ0n) is 18.5. The van der Waals surface area contributed by atoms with E-state index in [4.69, 9.17) is 5.73 Å². The smallest absolute Gasteiger partial charge is 0.222 e. The minimum Gasteiger partial charge on any atom is -0.370 e. The van der Waals surface area contributed by atoms with E-state index < -0.39 is 0 Å². The zero-order valence-corrected chi connectivity index (χ0v) is 18.5. The van der Waals surface area contributed by atoms with Crippen LogP contribution in [-0.4, -0.2) is 52.2 Å². The standard InChI is InChI=1S/C24H34N6O/c1-2-3-11-26-23-22-20(27-24(25)28-23)10-14-30(21(22)17-31)16-19-8-6-18(7-9-19)15-29-12-4-5-13-29/h6-9,17,21H,2-5,10-16H2,1H3,(H3,25,26,27,28). The first kappa shape index (κ1) is 21.7. The van der Waals surface area contributed by atoms with E-state index >= 15 is 0 Å². The average molecular weight is 423 g/mol. The second-order valence-corrected chi connectivity index (χ2v) is 8.67. The van der Waals surface area contributed by atoms with Crippen molar-refractivity contribution >= 4 is 18.1 Å². The summed E-state index contributed by atoms with van der Waals surface area (Å²) in [4.78, 5) is 25.8. The molecule has 4 rings (SSSR count). The molecule has 0 saturated carbocycles. The Morgan fingerprint density at radius 1 is 1.10 bits per heavy atom. The van der Waals surface area contributed by atoms with E-state index in [1.165, 1.54) is 37.1 Å². The van der Waals surface area contributed by atoms with Crippen LogP contribution in [0, 0.1) is 0 Å². The Morgan fingerprint density at radius 2 is 1.81 bits per heavy atom. The molecule has 0 bridgehead atoms. The largest absolute Gasteiger partial charge is 0.370 e. The maximum atomic E-state index is 12.2. The minimum atomic E-state index is -0.363. The number of carbonyl (C=O) groups is 1. The fourth-order valence-corrected chi connectivity index (χ4v) is 4.64. The topological polar surface area (TPSA) is 87.4 Å². The van der Waals surface area contributed by atoms with Crippen molar-refractivity contribution in [3.63, 3.8) is 0 Å². The Morgan fingerprint density at radius 3 is 2.48 bits per heavy atom. The number of hydrogen-bond donors (Lipinski definition) is 2. The number of aromatic nitrogens is 2. The van der Waals surface area contributed by atoms with Crippen molar-refractivity contribution in [3.05, 3.63) is 46.6 Å². The molecule has 2 aliphatic rings. The van der Waals surface area contributed by atoms with Crippen molar-refractivity contribution in [3.8, 4) is 0 Å². The monoisotopic (exact) mass is 422 g/mol. The normalized spacial score (nSPS) is 19.3. The van der Waals surface area contributed by atoms with Gasteiger partial charge in [-0.2, -0.15) is 4.98 Å². The van der Waals surface area contributed by atoms with Gasteiger partial charge in [0, 0.05) is 38.2 Å². The highest BCUT2D eigenvalue weighted by Gasteiger charge is 2.31. The van der Waals surface area contributed by atoms with Gasteiger partial charge in [0.1, 0.15) is 12.1 Å². The number of anilines is 2. The summed E-state index contributed by atoms with van der Waals surface area (Å²) >= 11 is 0. The molecule has 3 N–H and O–H groups in total. The lowest BCUT2D eigenvalue weighted by atomic mass is 9.97. The number of nitrogens with zero attached hydrogens (tertiary/aromatic N) is 4. The predicted octanol–water partition coefficient (Wildman–Crippen LogP) is 3.16. The zero-order chi connectivity index (χ0) is 21.6. The molecule has 3 heterocycles. The van der Waals surface area contributed by atoms with Gasteiger partial charge in [-0.3, -0.25) is 9.80 Å². The predicted molar refractivity (Wildman–Crippen MR) is 124 cm³/mol. The van der Waals surface area contributed by atoms with Crippen molar-refractivity contribution < 1.29 is 4.79 Å². The molecule has 0 radical (unpaired) electrons. The van der Waals surface area contributed by atoms with Gasteiger partial charge in [0.05, 0.1) is 11.7 Å². The SMILES string of the molecule is CCCCNc1nc(N)nc2c1C(C=O)N(Cc1ccc(CN3CCCC3)cc1)CC2. The quantitative estimate of drug-likeness (QED) is 0.474. The number of nitrogen functional groups attached to an aromatic ring is 1. The van der Waals surface area contributed by atoms with Gasteiger partial charge in [0.15, 0.2) is 0 Å². The molecule has 7 nitrogen and oxygen atoms in total. The highest BCUT2D eigenvalue weighted by Crippen LogP contribution is 2.34. The lowest BCUT2D eigenvalue weighted by Gasteiger charge is -2.34. The molecule has 31 heavy (non-hydrogen) atoms. The summed E-state index contributed by atoms with van der Waals surface area (Å²) in [6.45, 7) is 7.90. The van der Waals surface area contributed by atoms with E-state index in [1.54, 1.807) is 0 Å². The molecular formula is C24H34N6O. The molecule has 1 saturated heterocycles. The fraction of sp³-hybridized carbons (Fsp3) is 0.542. The molecule has 0 spiro atoms. The van der Waals surface area contributed by atoms with Gasteiger partial charge in [0.25, 0.3) is 0 Å². The summed E-state index contributed by atoms with van der Waals surface area (Å²) in [5.41, 5.74) is 10.3. The minimum absolute atomic E-state index is 0.268. The van der Waals surface area contributed by atoms with Crippen molar-refractivity contribution in [1.82, 2.24) is 19.8 Å². The molecule has 2 aromatic rings. The number of fused-ring (bicyclic) bond motifs is 1. The summed E-state index contributed by atoms with van der Waals surface area (Å²) in [6.07, 6.45) is 6.54. The molecule has 1 unspecified atom stereocenters. The van der Waals surface area contributed by atoms with Crippen LogP contribution in [0.1, 0.15) is 61.0 Å². The number of rotatable bonds is 9. The van der Waals surface area contributed by atoms with Crippen LogP contribution < -0.4 is 11.1 Å². The summed E-state index contributed by atoms with van der Waals surface area (Å²) < 4.78 is 0. The highest BCUT2D eigenvalue weighted by atomic mass is 16.1. The first-order valence-corrected chi connectivity index (χ1v) is 11.6. The van der Waals surface area contributed by atoms with E-state index in [1.807, 2.05) is 0 Å². The Kier molecular flexibility index (Phi) is 7.14. The van der Waals surface area contributed by atoms with Crippen molar-refractivity contribution in [2.24, 2.45) is 0 Å². The van der Waals surface area contributed by atoms with E-state index in [0.717, 1.165) is 63.0 Å². The molecule has 0 amide bonds. The average Bonchev–Trinajstić information content (AvgIpc) is 3.28. The Bertz CT molecular complexity index is 878. The molecule has 1 atom stereocenters. The molecule has 166 valence electrons. The molecule has 0 aliphatic carbocycles. The number of benzene rings is 1. The number of nitrogens with one attached hydrogen (secondary N) is 1. The van der Waals surface area contributed by atoms with Crippen LogP contribution >= 0.6 is 0 Å². The fourth-order valence-electron chi connectivity index (χ4n) is 4.64. The Balaban J connectivity index is 1.48. The van der Waals surface area contributed by atoms with E-state index in [-0.39, 0.29) is 12.0 Å². The maximum Gasteiger partial charge on any atom is 0.222 e. The summed E-state index contributed by atoms with van der Waals surface area (Å²) in [5, 5.41) is 3.38. The van der Waals surface area contributed by atoms with Crippen LogP contribution in [0.25, 0.3) is 0 Å². The number of carbonyl (C=O) groups excluding carboxylic acids is 1. The molecule has 1 fully saturated rings. The number of aldehydes is 1. The van der Waals surface area contributed by atoms with Gasteiger partial charge in [0.2, 0.25) is 5.95 Å². The number of nitrogens with two attached hydrogens (primary N) is 1. The Hall–Kier alpha value is -2.51.